The summed E-state index contributed by atoms with van der Waals surface area (Å²) in [6, 6.07) is 14.7. The van der Waals surface area contributed by atoms with Crippen molar-refractivity contribution in [1.29, 1.82) is 0 Å². The molecule has 0 unspecified atom stereocenters. The van der Waals surface area contributed by atoms with Crippen molar-refractivity contribution in [3.63, 3.8) is 0 Å². The van der Waals surface area contributed by atoms with Crippen LogP contribution in [0.2, 0.25) is 0 Å². The number of hydrogen-bond acceptors (Lipinski definition) is 2. The van der Waals surface area contributed by atoms with Crippen molar-refractivity contribution in [2.24, 2.45) is 0 Å². The Labute approximate surface area is 132 Å². The van der Waals surface area contributed by atoms with Crippen molar-refractivity contribution in [1.82, 2.24) is 9.55 Å². The van der Waals surface area contributed by atoms with Gasteiger partial charge in [-0.15, -0.1) is 0 Å². The lowest BCUT2D eigenvalue weighted by atomic mass is 10.1. The summed E-state index contributed by atoms with van der Waals surface area (Å²) in [5, 5.41) is 3.50. The number of benzene rings is 2. The molecule has 0 radical (unpaired) electrons. The van der Waals surface area contributed by atoms with Crippen LogP contribution < -0.4 is 5.32 Å². The number of halogens is 1. The maximum atomic E-state index is 4.11. The number of para-hydroxylation sites is 2. The van der Waals surface area contributed by atoms with Crippen molar-refractivity contribution < 1.29 is 0 Å². The van der Waals surface area contributed by atoms with Gasteiger partial charge in [0.2, 0.25) is 0 Å². The first-order valence-electron chi connectivity index (χ1n) is 6.80. The molecule has 0 atom stereocenters. The molecule has 0 aliphatic carbocycles. The number of aryl methyl sites for hydroxylation is 1. The van der Waals surface area contributed by atoms with Gasteiger partial charge in [0.15, 0.2) is 0 Å². The molecule has 21 heavy (non-hydrogen) atoms. The second-order valence-electron chi connectivity index (χ2n) is 4.92. The zero-order chi connectivity index (χ0) is 14.7. The van der Waals surface area contributed by atoms with Crippen molar-refractivity contribution in [2.45, 2.75) is 13.5 Å². The highest BCUT2D eigenvalue weighted by Gasteiger charge is 2.04. The fourth-order valence-electron chi connectivity index (χ4n) is 2.19. The zero-order valence-electron chi connectivity index (χ0n) is 11.8. The molecule has 0 saturated heterocycles. The standard InChI is InChI=1S/C17H16BrN3/c1-13-6-7-14(10-15(13)18)11-20-16-4-2-3-5-17(16)21-9-8-19-12-21/h2-10,12,20H,11H2,1H3. The van der Waals surface area contributed by atoms with Crippen LogP contribution in [-0.2, 0) is 6.54 Å². The van der Waals surface area contributed by atoms with Crippen LogP contribution in [0.1, 0.15) is 11.1 Å². The van der Waals surface area contributed by atoms with Crippen molar-refractivity contribution in [2.75, 3.05) is 5.32 Å². The van der Waals surface area contributed by atoms with E-state index in [9.17, 15) is 0 Å². The van der Waals surface area contributed by atoms with Gasteiger partial charge in [0.05, 0.1) is 17.7 Å². The summed E-state index contributed by atoms with van der Waals surface area (Å²) in [6.07, 6.45) is 5.54. The quantitative estimate of drug-likeness (QED) is 0.754. The van der Waals surface area contributed by atoms with E-state index in [0.29, 0.717) is 0 Å². The van der Waals surface area contributed by atoms with Crippen molar-refractivity contribution in [3.05, 3.63) is 76.8 Å². The largest absolute Gasteiger partial charge is 0.379 e. The van der Waals surface area contributed by atoms with Crippen LogP contribution in [-0.4, -0.2) is 9.55 Å². The number of anilines is 1. The molecule has 0 spiro atoms. The number of nitrogens with zero attached hydrogens (tertiary/aromatic N) is 2. The van der Waals surface area contributed by atoms with E-state index in [1.54, 1.807) is 6.20 Å². The maximum absolute atomic E-state index is 4.11. The number of hydrogen-bond donors (Lipinski definition) is 1. The van der Waals surface area contributed by atoms with Crippen LogP contribution in [0.4, 0.5) is 5.69 Å². The van der Waals surface area contributed by atoms with Crippen LogP contribution in [0.5, 0.6) is 0 Å². The molecule has 0 aliphatic heterocycles. The number of rotatable bonds is 4. The molecule has 1 N–H and O–H groups in total. The predicted molar refractivity (Wildman–Crippen MR) is 89.8 cm³/mol. The van der Waals surface area contributed by atoms with Gasteiger partial charge in [0, 0.05) is 23.4 Å². The van der Waals surface area contributed by atoms with Gasteiger partial charge in [-0.1, -0.05) is 40.2 Å². The van der Waals surface area contributed by atoms with E-state index in [0.717, 1.165) is 22.4 Å². The third kappa shape index (κ3) is 3.16. The highest BCUT2D eigenvalue weighted by molar-refractivity contribution is 9.10. The lowest BCUT2D eigenvalue weighted by molar-refractivity contribution is 1.04. The molecule has 0 bridgehead atoms. The van der Waals surface area contributed by atoms with Crippen LogP contribution in [0.25, 0.3) is 5.69 Å². The molecule has 3 aromatic rings. The summed E-state index contributed by atoms with van der Waals surface area (Å²) in [4.78, 5) is 4.11. The molecule has 106 valence electrons. The van der Waals surface area contributed by atoms with E-state index in [1.165, 1.54) is 11.1 Å². The van der Waals surface area contributed by atoms with Gasteiger partial charge in [0.1, 0.15) is 0 Å². The Hall–Kier alpha value is -2.07. The number of nitrogens with one attached hydrogen (secondary N) is 1. The molecular formula is C17H16BrN3. The SMILES string of the molecule is Cc1ccc(CNc2ccccc2-n2ccnc2)cc1Br. The molecule has 0 amide bonds. The second kappa shape index (κ2) is 6.14. The first kappa shape index (κ1) is 13.9. The monoisotopic (exact) mass is 341 g/mol. The first-order valence-corrected chi connectivity index (χ1v) is 7.59. The third-order valence-corrected chi connectivity index (χ3v) is 4.26. The van der Waals surface area contributed by atoms with E-state index < -0.39 is 0 Å². The van der Waals surface area contributed by atoms with Gasteiger partial charge in [-0.3, -0.25) is 0 Å². The normalized spacial score (nSPS) is 10.6. The fraction of sp³-hybridized carbons (Fsp3) is 0.118. The summed E-state index contributed by atoms with van der Waals surface area (Å²) in [5.41, 5.74) is 4.68. The zero-order valence-corrected chi connectivity index (χ0v) is 13.3. The topological polar surface area (TPSA) is 29.9 Å². The average molecular weight is 342 g/mol. The Kier molecular flexibility index (Phi) is 4.06. The smallest absolute Gasteiger partial charge is 0.0992 e. The highest BCUT2D eigenvalue weighted by Crippen LogP contribution is 2.22. The molecule has 1 aromatic heterocycles. The van der Waals surface area contributed by atoms with Gasteiger partial charge in [-0.25, -0.2) is 4.98 Å². The maximum Gasteiger partial charge on any atom is 0.0992 e. The Morgan fingerprint density at radius 3 is 2.81 bits per heavy atom. The lowest BCUT2D eigenvalue weighted by Gasteiger charge is -2.13. The van der Waals surface area contributed by atoms with Crippen LogP contribution in [0, 0.1) is 6.92 Å². The van der Waals surface area contributed by atoms with Crippen LogP contribution in [0.15, 0.2) is 65.7 Å². The summed E-state index contributed by atoms with van der Waals surface area (Å²) in [7, 11) is 0. The van der Waals surface area contributed by atoms with E-state index in [1.807, 2.05) is 29.2 Å². The van der Waals surface area contributed by atoms with Crippen molar-refractivity contribution >= 4 is 21.6 Å². The second-order valence-corrected chi connectivity index (χ2v) is 5.78. The van der Waals surface area contributed by atoms with Gasteiger partial charge in [-0.2, -0.15) is 0 Å². The van der Waals surface area contributed by atoms with Crippen molar-refractivity contribution in [3.8, 4) is 5.69 Å². The first-order chi connectivity index (χ1) is 10.2. The fourth-order valence-corrected chi connectivity index (χ4v) is 2.62. The molecule has 0 saturated carbocycles. The van der Waals surface area contributed by atoms with E-state index >= 15 is 0 Å². The minimum Gasteiger partial charge on any atom is -0.379 e. The summed E-state index contributed by atoms with van der Waals surface area (Å²) < 4.78 is 3.15. The third-order valence-electron chi connectivity index (χ3n) is 3.41. The Balaban J connectivity index is 1.81. The van der Waals surface area contributed by atoms with Gasteiger partial charge < -0.3 is 9.88 Å². The Bertz CT molecular complexity index is 736. The lowest BCUT2D eigenvalue weighted by Crippen LogP contribution is -2.03. The van der Waals surface area contributed by atoms with Gasteiger partial charge in [0.25, 0.3) is 0 Å². The van der Waals surface area contributed by atoms with Gasteiger partial charge >= 0.3 is 0 Å². The van der Waals surface area contributed by atoms with Crippen LogP contribution in [0.3, 0.4) is 0 Å². The summed E-state index contributed by atoms with van der Waals surface area (Å²) in [6.45, 7) is 2.88. The van der Waals surface area contributed by atoms with E-state index in [4.69, 9.17) is 0 Å². The van der Waals surface area contributed by atoms with Gasteiger partial charge in [-0.05, 0) is 36.2 Å². The van der Waals surface area contributed by atoms with Crippen LogP contribution >= 0.6 is 15.9 Å². The molecular weight excluding hydrogens is 326 g/mol. The Morgan fingerprint density at radius 1 is 1.19 bits per heavy atom. The highest BCUT2D eigenvalue weighted by atomic mass is 79.9. The molecule has 0 fully saturated rings. The summed E-state index contributed by atoms with van der Waals surface area (Å²) >= 11 is 3.58. The Morgan fingerprint density at radius 2 is 2.05 bits per heavy atom. The number of imidazole rings is 1. The molecule has 3 nitrogen and oxygen atoms in total. The summed E-state index contributed by atoms with van der Waals surface area (Å²) in [5.74, 6) is 0. The molecule has 2 aromatic carbocycles. The minimum absolute atomic E-state index is 0.782. The molecule has 3 rings (SSSR count). The number of aromatic nitrogens is 2. The van der Waals surface area contributed by atoms with E-state index in [-0.39, 0.29) is 0 Å². The predicted octanol–water partition coefficient (Wildman–Crippen LogP) is 4.56. The molecule has 1 heterocycles. The molecule has 0 aliphatic rings. The average Bonchev–Trinajstić information content (AvgIpc) is 3.03. The molecule has 4 heteroatoms. The van der Waals surface area contributed by atoms with E-state index in [2.05, 4.69) is 63.5 Å². The minimum atomic E-state index is 0.782.